The molecule has 39 heavy (non-hydrogen) atoms. The number of carbonyl (C=O) groups excluding carboxylic acids is 1. The van der Waals surface area contributed by atoms with E-state index in [0.29, 0.717) is 29.7 Å². The van der Waals surface area contributed by atoms with Crippen molar-refractivity contribution in [3.63, 3.8) is 0 Å². The molecule has 200 valence electrons. The van der Waals surface area contributed by atoms with E-state index in [1.54, 1.807) is 4.52 Å². The molecule has 0 radical (unpaired) electrons. The van der Waals surface area contributed by atoms with Crippen LogP contribution in [0.2, 0.25) is 0 Å². The number of anilines is 2. The zero-order valence-electron chi connectivity index (χ0n) is 22.3. The van der Waals surface area contributed by atoms with Gasteiger partial charge in [0.1, 0.15) is 29.6 Å². The third-order valence-electron chi connectivity index (χ3n) is 7.08. The Bertz CT molecular complexity index is 1560. The van der Waals surface area contributed by atoms with Crippen molar-refractivity contribution in [3.8, 4) is 17.3 Å². The van der Waals surface area contributed by atoms with Crippen molar-refractivity contribution in [1.29, 1.82) is 5.26 Å². The number of fused-ring (bicyclic) bond motifs is 1. The summed E-state index contributed by atoms with van der Waals surface area (Å²) in [6.45, 7) is 8.53. The van der Waals surface area contributed by atoms with Gasteiger partial charge in [-0.3, -0.25) is 4.79 Å². The summed E-state index contributed by atoms with van der Waals surface area (Å²) < 4.78 is 1.80. The maximum Gasteiger partial charge on any atom is 0.251 e. The smallest absolute Gasteiger partial charge is 0.251 e. The molecule has 1 amide bonds. The molecule has 1 aliphatic heterocycles. The Kier molecular flexibility index (Phi) is 7.38. The summed E-state index contributed by atoms with van der Waals surface area (Å²) in [7, 11) is 0. The molecular formula is C28H32N10O. The predicted octanol–water partition coefficient (Wildman–Crippen LogP) is 3.16. The van der Waals surface area contributed by atoms with Crippen LogP contribution in [-0.4, -0.2) is 50.1 Å². The van der Waals surface area contributed by atoms with Gasteiger partial charge in [0, 0.05) is 23.9 Å². The molecule has 0 aliphatic carbocycles. The Morgan fingerprint density at radius 2 is 2.05 bits per heavy atom. The second-order valence-corrected chi connectivity index (χ2v) is 10.1. The zero-order chi connectivity index (χ0) is 27.5. The minimum absolute atomic E-state index is 0.0868. The number of nitrogens with one attached hydrogen (secondary N) is 3. The molecule has 1 unspecified atom stereocenters. The summed E-state index contributed by atoms with van der Waals surface area (Å²) in [5, 5.41) is 23.9. The van der Waals surface area contributed by atoms with Crippen LogP contribution < -0.4 is 21.7 Å². The maximum absolute atomic E-state index is 13.1. The minimum atomic E-state index is -0.408. The van der Waals surface area contributed by atoms with E-state index in [0.717, 1.165) is 53.8 Å². The van der Waals surface area contributed by atoms with Crippen LogP contribution in [0.3, 0.4) is 0 Å². The fraction of sp³-hybridized carbons (Fsp3) is 0.357. The van der Waals surface area contributed by atoms with Crippen molar-refractivity contribution in [1.82, 2.24) is 35.2 Å². The lowest BCUT2D eigenvalue weighted by molar-refractivity contribution is 0.0944. The third kappa shape index (κ3) is 5.51. The van der Waals surface area contributed by atoms with E-state index in [-0.39, 0.29) is 17.3 Å². The summed E-state index contributed by atoms with van der Waals surface area (Å²) >= 11 is 0. The number of carbonyl (C=O) groups is 1. The highest BCUT2D eigenvalue weighted by molar-refractivity contribution is 5.96. The summed E-state index contributed by atoms with van der Waals surface area (Å²) in [6.07, 6.45) is 5.33. The number of nitrogen functional groups attached to an aromatic ring is 1. The highest BCUT2D eigenvalue weighted by Gasteiger charge is 2.20. The van der Waals surface area contributed by atoms with Gasteiger partial charge < -0.3 is 21.7 Å². The summed E-state index contributed by atoms with van der Waals surface area (Å²) in [5.41, 5.74) is 11.0. The largest absolute Gasteiger partial charge is 0.382 e. The second kappa shape index (κ2) is 11.0. The molecule has 1 aliphatic rings. The Morgan fingerprint density at radius 3 is 2.82 bits per heavy atom. The van der Waals surface area contributed by atoms with Crippen LogP contribution in [0.5, 0.6) is 0 Å². The van der Waals surface area contributed by atoms with Crippen molar-refractivity contribution in [2.24, 2.45) is 5.92 Å². The van der Waals surface area contributed by atoms with E-state index >= 15 is 0 Å². The SMILES string of the molecule is Cc1cc(C(=O)NCC2CCNCC2)cc(-c2nc(C(C)Nc3ncnc(N)c3C#N)nn3ccc(C)c23)c1. The number of benzene rings is 1. The van der Waals surface area contributed by atoms with Gasteiger partial charge in [0.25, 0.3) is 5.91 Å². The molecule has 5 N–H and O–H groups in total. The number of aryl methyl sites for hydroxylation is 2. The molecule has 11 nitrogen and oxygen atoms in total. The summed E-state index contributed by atoms with van der Waals surface area (Å²) in [5.74, 6) is 1.32. The average Bonchev–Trinajstić information content (AvgIpc) is 3.32. The first-order valence-corrected chi connectivity index (χ1v) is 13.1. The number of rotatable bonds is 7. The highest BCUT2D eigenvalue weighted by atomic mass is 16.1. The first-order valence-electron chi connectivity index (χ1n) is 13.1. The number of hydrogen-bond donors (Lipinski definition) is 4. The molecule has 1 atom stereocenters. The van der Waals surface area contributed by atoms with Gasteiger partial charge in [-0.15, -0.1) is 0 Å². The Labute approximate surface area is 226 Å². The molecule has 0 spiro atoms. The van der Waals surface area contributed by atoms with E-state index in [4.69, 9.17) is 15.8 Å². The van der Waals surface area contributed by atoms with E-state index in [1.165, 1.54) is 6.33 Å². The number of hydrogen-bond acceptors (Lipinski definition) is 9. The summed E-state index contributed by atoms with van der Waals surface area (Å²) in [4.78, 5) is 26.2. The lowest BCUT2D eigenvalue weighted by Gasteiger charge is -2.22. The zero-order valence-corrected chi connectivity index (χ0v) is 22.3. The standard InChI is InChI=1S/C28H32N10O/c1-16-10-20(12-21(11-16)28(39)32-14-19-4-7-31-8-5-19)23-24-17(2)6-9-38(24)37-26(36-23)18(3)35-27-22(13-29)25(30)33-15-34-27/h6,9-12,15,18-19,31H,4-5,7-8,14H2,1-3H3,(H,32,39)(H3,30,33,34,35). The van der Waals surface area contributed by atoms with Crippen molar-refractivity contribution in [3.05, 3.63) is 64.9 Å². The first-order chi connectivity index (χ1) is 18.8. The number of nitrogens with zero attached hydrogens (tertiary/aromatic N) is 6. The lowest BCUT2D eigenvalue weighted by Crippen LogP contribution is -2.36. The van der Waals surface area contributed by atoms with Gasteiger partial charge >= 0.3 is 0 Å². The predicted molar refractivity (Wildman–Crippen MR) is 149 cm³/mol. The fourth-order valence-electron chi connectivity index (χ4n) is 4.94. The van der Waals surface area contributed by atoms with E-state index in [9.17, 15) is 10.1 Å². The number of nitrogens with two attached hydrogens (primary N) is 1. The highest BCUT2D eigenvalue weighted by Crippen LogP contribution is 2.29. The van der Waals surface area contributed by atoms with Crippen LogP contribution >= 0.6 is 0 Å². The normalized spacial score (nSPS) is 14.6. The topological polar surface area (TPSA) is 159 Å². The fourth-order valence-corrected chi connectivity index (χ4v) is 4.94. The minimum Gasteiger partial charge on any atom is -0.382 e. The molecule has 1 fully saturated rings. The molecule has 4 aromatic rings. The van der Waals surface area contributed by atoms with Crippen LogP contribution in [0, 0.1) is 31.1 Å². The van der Waals surface area contributed by atoms with E-state index < -0.39 is 6.04 Å². The van der Waals surface area contributed by atoms with Crippen molar-refractivity contribution in [2.75, 3.05) is 30.7 Å². The molecule has 0 bridgehead atoms. The van der Waals surface area contributed by atoms with Crippen molar-refractivity contribution < 1.29 is 4.79 Å². The molecular weight excluding hydrogens is 492 g/mol. The number of amides is 1. The molecule has 5 rings (SSSR count). The van der Waals surface area contributed by atoms with E-state index in [2.05, 4.69) is 25.9 Å². The third-order valence-corrected chi connectivity index (χ3v) is 7.08. The van der Waals surface area contributed by atoms with Crippen molar-refractivity contribution >= 4 is 23.1 Å². The monoisotopic (exact) mass is 524 g/mol. The van der Waals surface area contributed by atoms with Gasteiger partial charge in [0.2, 0.25) is 0 Å². The molecule has 1 saturated heterocycles. The van der Waals surface area contributed by atoms with Crippen LogP contribution in [0.15, 0.2) is 36.8 Å². The number of nitriles is 1. The number of aromatic nitrogens is 5. The van der Waals surface area contributed by atoms with Gasteiger partial charge in [-0.05, 0) is 88.0 Å². The molecule has 0 saturated carbocycles. The Morgan fingerprint density at radius 1 is 1.26 bits per heavy atom. The van der Waals surface area contributed by atoms with Gasteiger partial charge in [-0.25, -0.2) is 19.5 Å². The number of piperidine rings is 1. The van der Waals surface area contributed by atoms with Crippen LogP contribution in [0.1, 0.15) is 58.7 Å². The van der Waals surface area contributed by atoms with Crippen LogP contribution in [0.4, 0.5) is 11.6 Å². The molecule has 4 heterocycles. The average molecular weight is 525 g/mol. The first kappa shape index (κ1) is 26.1. The van der Waals surface area contributed by atoms with Crippen LogP contribution in [0.25, 0.3) is 16.8 Å². The van der Waals surface area contributed by atoms with Crippen LogP contribution in [-0.2, 0) is 0 Å². The van der Waals surface area contributed by atoms with Gasteiger partial charge in [0.15, 0.2) is 5.82 Å². The van der Waals surface area contributed by atoms with Gasteiger partial charge in [-0.1, -0.05) is 0 Å². The van der Waals surface area contributed by atoms with E-state index in [1.807, 2.05) is 57.3 Å². The molecule has 11 heteroatoms. The Balaban J connectivity index is 1.48. The summed E-state index contributed by atoms with van der Waals surface area (Å²) in [6, 6.07) is 9.44. The maximum atomic E-state index is 13.1. The molecule has 3 aromatic heterocycles. The quantitative estimate of drug-likeness (QED) is 0.285. The van der Waals surface area contributed by atoms with Gasteiger partial charge in [-0.2, -0.15) is 10.4 Å². The lowest BCUT2D eigenvalue weighted by atomic mass is 9.98. The molecule has 1 aromatic carbocycles. The second-order valence-electron chi connectivity index (χ2n) is 10.1. The van der Waals surface area contributed by atoms with Crippen molar-refractivity contribution in [2.45, 2.75) is 39.7 Å². The van der Waals surface area contributed by atoms with Gasteiger partial charge in [0.05, 0.1) is 17.3 Å². The Hall–Kier alpha value is -4.56.